The number of rotatable bonds is 12. The van der Waals surface area contributed by atoms with E-state index in [4.69, 9.17) is 47.4 Å². The van der Waals surface area contributed by atoms with Crippen molar-refractivity contribution in [1.82, 2.24) is 0 Å². The molecule has 0 radical (unpaired) electrons. The van der Waals surface area contributed by atoms with E-state index in [0.717, 1.165) is 12.1 Å². The van der Waals surface area contributed by atoms with Gasteiger partial charge >= 0.3 is 0 Å². The van der Waals surface area contributed by atoms with Crippen LogP contribution in [0.5, 0.6) is 46.0 Å². The number of phenolic OH excluding ortho intramolecular Hbond substituents is 4. The molecule has 6 aliphatic heterocycles. The van der Waals surface area contributed by atoms with Gasteiger partial charge in [-0.25, -0.2) is 0 Å². The molecule has 4 aromatic rings. The van der Waals surface area contributed by atoms with Gasteiger partial charge in [0.15, 0.2) is 36.4 Å². The third kappa shape index (κ3) is 13.3. The predicted molar refractivity (Wildman–Crippen MR) is 268 cm³/mol. The van der Waals surface area contributed by atoms with E-state index in [2.05, 4.69) is 0 Å². The molecule has 4 fully saturated rings. The maximum absolute atomic E-state index is 12.9. The molecule has 83 heavy (non-hydrogen) atoms. The topological polar surface area (TPSA) is 450 Å². The van der Waals surface area contributed by atoms with Crippen LogP contribution in [0.25, 0.3) is 0 Å². The zero-order valence-corrected chi connectivity index (χ0v) is 47.2. The smallest absolute Gasteiger partial charge is 0.229 e. The molecule has 0 aliphatic carbocycles. The summed E-state index contributed by atoms with van der Waals surface area (Å²) in [6.45, 7) is 1.43. The van der Waals surface area contributed by atoms with Gasteiger partial charge < -0.3 is 129 Å². The predicted octanol–water partition coefficient (Wildman–Crippen LogP) is -2.33. The molecule has 4 saturated heterocycles. The van der Waals surface area contributed by atoms with Crippen molar-refractivity contribution in [2.75, 3.05) is 13.2 Å². The summed E-state index contributed by atoms with van der Waals surface area (Å²) in [5.74, 6) is -1.89. The number of ketones is 2. The molecular formula is C54H64O28Zn. The molecule has 16 N–H and O–H groups in total. The third-order valence-electron chi connectivity index (χ3n) is 14.8. The Balaban J connectivity index is 0.000000214. The average molecular weight is 1230 g/mol. The normalized spacial score (nSPS) is 36.8. The molecular weight excluding hydrogens is 1160 g/mol. The zero-order chi connectivity index (χ0) is 59.2. The van der Waals surface area contributed by atoms with E-state index in [0.29, 0.717) is 11.1 Å². The van der Waals surface area contributed by atoms with Crippen LogP contribution in [0, 0.1) is 0 Å². The second-order valence-corrected chi connectivity index (χ2v) is 20.5. The Morgan fingerprint density at radius 3 is 1.13 bits per heavy atom. The summed E-state index contributed by atoms with van der Waals surface area (Å²) < 4.78 is 57.1. The summed E-state index contributed by atoms with van der Waals surface area (Å²) in [7, 11) is 0. The summed E-state index contributed by atoms with van der Waals surface area (Å²) >= 11 is 0. The van der Waals surface area contributed by atoms with Crippen LogP contribution in [-0.4, -0.2) is 229 Å². The van der Waals surface area contributed by atoms with Crippen LogP contribution in [0.15, 0.2) is 72.8 Å². The minimum Gasteiger partial charge on any atom is -0.508 e. The molecule has 6 heterocycles. The molecule has 450 valence electrons. The van der Waals surface area contributed by atoms with Crippen LogP contribution in [0.4, 0.5) is 0 Å². The molecule has 22 atom stereocenters. The standard InChI is InChI=1S/2C27H32O14.Zn/c2*1-10-20(32)22(34)24(36)26(37-10)41-25-23(35)21(33)18(9-28)40-27(25)38-13-6-14(30)19-15(31)8-16(39-17(19)7-13)11-2-4-12(29)5-3-11;/h2*2-7,10,16,18,20-30,32-36H,8-9H2,1H3;. The van der Waals surface area contributed by atoms with Crippen molar-refractivity contribution >= 4 is 11.6 Å². The molecule has 28 nitrogen and oxygen atoms in total. The van der Waals surface area contributed by atoms with Crippen molar-refractivity contribution in [3.05, 3.63) is 95.1 Å². The van der Waals surface area contributed by atoms with Crippen LogP contribution >= 0.6 is 0 Å². The van der Waals surface area contributed by atoms with Crippen molar-refractivity contribution in [3.8, 4) is 46.0 Å². The molecule has 0 bridgehead atoms. The van der Waals surface area contributed by atoms with E-state index in [9.17, 15) is 91.3 Å². The molecule has 4 aromatic carbocycles. The first-order valence-electron chi connectivity index (χ1n) is 26.0. The minimum atomic E-state index is -1.75. The van der Waals surface area contributed by atoms with Crippen LogP contribution in [0.1, 0.15) is 70.7 Å². The second kappa shape index (κ2) is 26.4. The van der Waals surface area contributed by atoms with E-state index in [1.54, 1.807) is 24.3 Å². The molecule has 0 spiro atoms. The Morgan fingerprint density at radius 1 is 0.446 bits per heavy atom. The number of aliphatic hydroxyl groups is 12. The van der Waals surface area contributed by atoms with Gasteiger partial charge in [-0.3, -0.25) is 9.59 Å². The fourth-order valence-electron chi connectivity index (χ4n) is 10.1. The van der Waals surface area contributed by atoms with Crippen molar-refractivity contribution < 1.29 is 158 Å². The van der Waals surface area contributed by atoms with Gasteiger partial charge in [-0.1, -0.05) is 24.3 Å². The van der Waals surface area contributed by atoms with Gasteiger partial charge in [-0.05, 0) is 49.2 Å². The maximum Gasteiger partial charge on any atom is 0.229 e. The van der Waals surface area contributed by atoms with Crippen molar-refractivity contribution in [2.24, 2.45) is 0 Å². The van der Waals surface area contributed by atoms with E-state index in [-0.39, 0.29) is 77.9 Å². The van der Waals surface area contributed by atoms with Crippen molar-refractivity contribution in [3.63, 3.8) is 0 Å². The fraction of sp³-hybridized carbons (Fsp3) is 0.519. The third-order valence-corrected chi connectivity index (χ3v) is 14.8. The van der Waals surface area contributed by atoms with Gasteiger partial charge in [0.25, 0.3) is 0 Å². The van der Waals surface area contributed by atoms with Crippen LogP contribution in [0.2, 0.25) is 0 Å². The quantitative estimate of drug-likeness (QED) is 0.0661. The Labute approximate surface area is 484 Å². The average Bonchev–Trinajstić information content (AvgIpc) is 3.18. The number of carbonyl (C=O) groups excluding carboxylic acids is 2. The molecule has 0 amide bonds. The van der Waals surface area contributed by atoms with E-state index in [1.165, 1.54) is 50.2 Å². The number of fused-ring (bicyclic) bond motifs is 2. The van der Waals surface area contributed by atoms with Crippen LogP contribution in [-0.2, 0) is 47.9 Å². The molecule has 0 saturated carbocycles. The first-order valence-corrected chi connectivity index (χ1v) is 26.0. The van der Waals surface area contributed by atoms with Gasteiger partial charge in [0.2, 0.25) is 12.6 Å². The number of hydrogen-bond acceptors (Lipinski definition) is 28. The number of carbonyl (C=O) groups is 2. The monoisotopic (exact) mass is 1220 g/mol. The number of hydrogen-bond donors (Lipinski definition) is 16. The number of benzene rings is 4. The van der Waals surface area contributed by atoms with Crippen molar-refractivity contribution in [2.45, 2.75) is 162 Å². The maximum atomic E-state index is 12.9. The van der Waals surface area contributed by atoms with Gasteiger partial charge in [-0.15, -0.1) is 0 Å². The number of aromatic hydroxyl groups is 4. The number of aliphatic hydroxyl groups excluding tert-OH is 12. The van der Waals surface area contributed by atoms with Gasteiger partial charge in [0.05, 0.1) is 38.3 Å². The first kappa shape index (κ1) is 63.5. The van der Waals surface area contributed by atoms with Crippen LogP contribution in [0.3, 0.4) is 0 Å². The zero-order valence-electron chi connectivity index (χ0n) is 44.2. The summed E-state index contributed by atoms with van der Waals surface area (Å²) in [5, 5.41) is 163. The Kier molecular flexibility index (Phi) is 20.2. The molecule has 0 aromatic heterocycles. The molecule has 6 aliphatic rings. The minimum absolute atomic E-state index is 0. The van der Waals surface area contributed by atoms with E-state index < -0.39 is 171 Å². The van der Waals surface area contributed by atoms with Crippen LogP contribution < -0.4 is 18.9 Å². The number of Topliss-reactive ketones (excluding diaryl/α,β-unsaturated/α-hetero) is 2. The summed E-state index contributed by atoms with van der Waals surface area (Å²) in [6, 6.07) is 17.0. The fourth-order valence-corrected chi connectivity index (χ4v) is 10.1. The van der Waals surface area contributed by atoms with Crippen molar-refractivity contribution in [1.29, 1.82) is 0 Å². The molecule has 29 heteroatoms. The Hall–Kier alpha value is -5.48. The Bertz CT molecular complexity index is 2670. The largest absolute Gasteiger partial charge is 0.508 e. The summed E-state index contributed by atoms with van der Waals surface area (Å²) in [4.78, 5) is 25.7. The SMILES string of the molecule is CC1OC(OC2C(Oc3cc(O)c4c(c3)OC(c3ccc(O)cc3)CC4=O)OC(CO)C(O)C2O)C(O)C(O)C1O.CC1OC(OC2C(Oc3cc(O)c4c(c3)OC(c3ccc(O)cc3)CC4=O)OC(CO)C(O)C2O)C(O)C(O)C1O.[Zn]. The van der Waals surface area contributed by atoms with Gasteiger partial charge in [0.1, 0.15) is 143 Å². The summed E-state index contributed by atoms with van der Waals surface area (Å²) in [6.07, 6.45) is -32.0. The first-order chi connectivity index (χ1) is 39.0. The molecule has 10 rings (SSSR count). The van der Waals surface area contributed by atoms with Gasteiger partial charge in [-0.2, -0.15) is 0 Å². The number of ether oxygens (including phenoxy) is 10. The second-order valence-electron chi connectivity index (χ2n) is 20.5. The Morgan fingerprint density at radius 2 is 0.795 bits per heavy atom. The molecule has 22 unspecified atom stereocenters. The van der Waals surface area contributed by atoms with E-state index in [1.807, 2.05) is 0 Å². The van der Waals surface area contributed by atoms with E-state index >= 15 is 0 Å². The van der Waals surface area contributed by atoms with Gasteiger partial charge in [0, 0.05) is 43.7 Å². The summed E-state index contributed by atoms with van der Waals surface area (Å²) in [5.41, 5.74) is 1.06. The number of phenols is 4.